The Hall–Kier alpha value is -3.48. The lowest BCUT2D eigenvalue weighted by molar-refractivity contribution is -0.123. The summed E-state index contributed by atoms with van der Waals surface area (Å²) in [4.78, 5) is 34.3. The molecule has 0 radical (unpaired) electrons. The predicted octanol–water partition coefficient (Wildman–Crippen LogP) is 2.15. The lowest BCUT2D eigenvalue weighted by Gasteiger charge is -2.14. The normalized spacial score (nSPS) is 14.0. The number of nitrogens with one attached hydrogen (secondary N) is 2. The fourth-order valence-corrected chi connectivity index (χ4v) is 2.21. The van der Waals surface area contributed by atoms with E-state index in [0.717, 1.165) is 0 Å². The smallest absolute Gasteiger partial charge is 0.328 e. The number of amides is 4. The lowest BCUT2D eigenvalue weighted by Crippen LogP contribution is -2.51. The molecule has 0 aliphatic carbocycles. The van der Waals surface area contributed by atoms with Gasteiger partial charge in [0.25, 0.3) is 11.8 Å². The molecule has 0 aromatic heterocycles. The molecular weight excluding hydrogens is 327 g/mol. The van der Waals surface area contributed by atoms with Crippen molar-refractivity contribution in [2.24, 2.45) is 0 Å². The molecule has 0 atom stereocenters. The van der Waals surface area contributed by atoms with E-state index in [1.165, 1.54) is 12.1 Å². The number of rotatable bonds is 4. The van der Waals surface area contributed by atoms with E-state index >= 15 is 0 Å². The van der Waals surface area contributed by atoms with E-state index in [-0.39, 0.29) is 18.0 Å². The number of carbonyl (C=O) groups excluding carboxylic acids is 3. The first-order valence-corrected chi connectivity index (χ1v) is 7.37. The number of imide groups is 2. The standard InChI is InChI=1S/C18H13FN2O4/c19-15-4-2-1-3-12(15)10-25-13-7-5-11(6-8-13)9-14-16(22)20-18(24)21-17(14)23/h1-9H,10H2,(H2,20,21,22,23,24). The minimum absolute atomic E-state index is 0.0834. The first-order chi connectivity index (χ1) is 12.0. The Morgan fingerprint density at radius 3 is 2.20 bits per heavy atom. The maximum Gasteiger partial charge on any atom is 0.328 e. The van der Waals surface area contributed by atoms with Gasteiger partial charge in [-0.25, -0.2) is 9.18 Å². The van der Waals surface area contributed by atoms with Gasteiger partial charge in [0, 0.05) is 5.56 Å². The maximum atomic E-state index is 13.5. The summed E-state index contributed by atoms with van der Waals surface area (Å²) >= 11 is 0. The van der Waals surface area contributed by atoms with Gasteiger partial charge in [-0.1, -0.05) is 30.3 Å². The molecule has 1 aliphatic heterocycles. The monoisotopic (exact) mass is 340 g/mol. The van der Waals surface area contributed by atoms with E-state index in [4.69, 9.17) is 4.74 Å². The SMILES string of the molecule is O=C1NC(=O)C(=Cc2ccc(OCc3ccccc3F)cc2)C(=O)N1. The molecule has 7 heteroatoms. The van der Waals surface area contributed by atoms with Crippen LogP contribution in [0.2, 0.25) is 0 Å². The molecule has 126 valence electrons. The zero-order chi connectivity index (χ0) is 17.8. The quantitative estimate of drug-likeness (QED) is 0.660. The Morgan fingerprint density at radius 1 is 0.920 bits per heavy atom. The minimum atomic E-state index is -0.843. The van der Waals surface area contributed by atoms with Crippen molar-refractivity contribution in [3.63, 3.8) is 0 Å². The Morgan fingerprint density at radius 2 is 1.56 bits per heavy atom. The molecule has 4 amide bonds. The van der Waals surface area contributed by atoms with Gasteiger partial charge in [0.05, 0.1) is 0 Å². The molecule has 6 nitrogen and oxygen atoms in total. The zero-order valence-electron chi connectivity index (χ0n) is 12.9. The number of benzene rings is 2. The van der Waals surface area contributed by atoms with Crippen LogP contribution in [0.25, 0.3) is 6.08 Å². The summed E-state index contributed by atoms with van der Waals surface area (Å²) in [6, 6.07) is 12.0. The van der Waals surface area contributed by atoms with Crippen LogP contribution in [-0.2, 0) is 16.2 Å². The Labute approximate surface area is 142 Å². The van der Waals surface area contributed by atoms with Crippen molar-refractivity contribution in [1.29, 1.82) is 0 Å². The molecule has 0 spiro atoms. The molecule has 2 aromatic rings. The van der Waals surface area contributed by atoms with E-state index in [1.807, 2.05) is 10.6 Å². The van der Waals surface area contributed by atoms with E-state index in [2.05, 4.69) is 0 Å². The number of urea groups is 1. The number of ether oxygens (including phenoxy) is 1. The number of hydrogen-bond donors (Lipinski definition) is 2. The summed E-state index contributed by atoms with van der Waals surface area (Å²) in [5.41, 5.74) is 0.849. The van der Waals surface area contributed by atoms with E-state index in [9.17, 15) is 18.8 Å². The van der Waals surface area contributed by atoms with Gasteiger partial charge < -0.3 is 4.74 Å². The molecule has 0 saturated carbocycles. The third-order valence-corrected chi connectivity index (χ3v) is 3.49. The van der Waals surface area contributed by atoms with Gasteiger partial charge in [0.15, 0.2) is 0 Å². The first-order valence-electron chi connectivity index (χ1n) is 7.37. The van der Waals surface area contributed by atoms with Crippen LogP contribution in [0.15, 0.2) is 54.1 Å². The van der Waals surface area contributed by atoms with Crippen molar-refractivity contribution in [2.75, 3.05) is 0 Å². The molecule has 0 unspecified atom stereocenters. The van der Waals surface area contributed by atoms with Crippen LogP contribution in [0, 0.1) is 5.82 Å². The Kier molecular flexibility index (Phi) is 4.56. The number of carbonyl (C=O) groups is 3. The van der Waals surface area contributed by atoms with Crippen molar-refractivity contribution in [3.05, 3.63) is 71.0 Å². The summed E-state index contributed by atoms with van der Waals surface area (Å²) < 4.78 is 19.0. The molecule has 1 heterocycles. The molecular formula is C18H13FN2O4. The summed E-state index contributed by atoms with van der Waals surface area (Å²) in [5.74, 6) is -1.34. The molecule has 2 aromatic carbocycles. The Bertz CT molecular complexity index is 853. The van der Waals surface area contributed by atoms with E-state index in [1.54, 1.807) is 42.5 Å². The number of barbiturate groups is 1. The molecule has 25 heavy (non-hydrogen) atoms. The fourth-order valence-electron chi connectivity index (χ4n) is 2.21. The van der Waals surface area contributed by atoms with Crippen LogP contribution in [0.4, 0.5) is 9.18 Å². The average Bonchev–Trinajstić information content (AvgIpc) is 2.58. The lowest BCUT2D eigenvalue weighted by atomic mass is 10.1. The third kappa shape index (κ3) is 3.89. The van der Waals surface area contributed by atoms with Crippen LogP contribution in [-0.4, -0.2) is 17.8 Å². The fraction of sp³-hybridized carbons (Fsp3) is 0.0556. The topological polar surface area (TPSA) is 84.5 Å². The summed E-state index contributed by atoms with van der Waals surface area (Å²) in [6.07, 6.45) is 1.36. The van der Waals surface area contributed by atoms with Gasteiger partial charge >= 0.3 is 6.03 Å². The molecule has 1 saturated heterocycles. The van der Waals surface area contributed by atoms with Crippen molar-refractivity contribution >= 4 is 23.9 Å². The van der Waals surface area contributed by atoms with Crippen molar-refractivity contribution in [1.82, 2.24) is 10.6 Å². The van der Waals surface area contributed by atoms with Gasteiger partial charge in [-0.05, 0) is 29.8 Å². The van der Waals surface area contributed by atoms with Crippen LogP contribution in [0.5, 0.6) is 5.75 Å². The highest BCUT2D eigenvalue weighted by atomic mass is 19.1. The molecule has 3 rings (SSSR count). The van der Waals surface area contributed by atoms with Crippen molar-refractivity contribution in [3.8, 4) is 5.75 Å². The second-order valence-electron chi connectivity index (χ2n) is 5.24. The predicted molar refractivity (Wildman–Crippen MR) is 86.8 cm³/mol. The Balaban J connectivity index is 1.69. The van der Waals surface area contributed by atoms with Crippen LogP contribution in [0.3, 0.4) is 0 Å². The van der Waals surface area contributed by atoms with Crippen molar-refractivity contribution < 1.29 is 23.5 Å². The van der Waals surface area contributed by atoms with Crippen LogP contribution >= 0.6 is 0 Å². The van der Waals surface area contributed by atoms with E-state index in [0.29, 0.717) is 16.9 Å². The molecule has 1 aliphatic rings. The molecule has 0 bridgehead atoms. The van der Waals surface area contributed by atoms with Gasteiger partial charge in [0.2, 0.25) is 0 Å². The van der Waals surface area contributed by atoms with Gasteiger partial charge in [-0.3, -0.25) is 20.2 Å². The van der Waals surface area contributed by atoms with Crippen LogP contribution in [0.1, 0.15) is 11.1 Å². The second-order valence-corrected chi connectivity index (χ2v) is 5.24. The summed E-state index contributed by atoms with van der Waals surface area (Å²) in [6.45, 7) is 0.0834. The number of halogens is 1. The molecule has 1 fully saturated rings. The summed E-state index contributed by atoms with van der Waals surface area (Å²) in [7, 11) is 0. The van der Waals surface area contributed by atoms with Crippen molar-refractivity contribution in [2.45, 2.75) is 6.61 Å². The van der Waals surface area contributed by atoms with Gasteiger partial charge in [-0.15, -0.1) is 0 Å². The largest absolute Gasteiger partial charge is 0.489 e. The van der Waals surface area contributed by atoms with E-state index < -0.39 is 17.8 Å². The highest BCUT2D eigenvalue weighted by Crippen LogP contribution is 2.17. The average molecular weight is 340 g/mol. The molecule has 2 N–H and O–H groups in total. The van der Waals surface area contributed by atoms with Gasteiger partial charge in [-0.2, -0.15) is 0 Å². The summed E-state index contributed by atoms with van der Waals surface area (Å²) in [5, 5.41) is 3.99. The zero-order valence-corrected chi connectivity index (χ0v) is 12.9. The maximum absolute atomic E-state index is 13.5. The first kappa shape index (κ1) is 16.4. The number of hydrogen-bond acceptors (Lipinski definition) is 4. The second kappa shape index (κ2) is 6.96. The van der Waals surface area contributed by atoms with Crippen LogP contribution < -0.4 is 15.4 Å². The highest BCUT2D eigenvalue weighted by Gasteiger charge is 2.27. The van der Waals surface area contributed by atoms with Gasteiger partial charge in [0.1, 0.15) is 23.7 Å². The third-order valence-electron chi connectivity index (χ3n) is 3.49. The highest BCUT2D eigenvalue weighted by molar-refractivity contribution is 6.31. The minimum Gasteiger partial charge on any atom is -0.489 e.